The third-order valence-electron chi connectivity index (χ3n) is 5.16. The first-order valence-electron chi connectivity index (χ1n) is 9.90. The average molecular weight is 433 g/mol. The van der Waals surface area contributed by atoms with Crippen molar-refractivity contribution in [1.29, 1.82) is 0 Å². The van der Waals surface area contributed by atoms with Gasteiger partial charge < -0.3 is 16.0 Å². The number of halogens is 2. The predicted octanol–water partition coefficient (Wildman–Crippen LogP) is 4.78. The molecule has 2 aromatic carbocycles. The summed E-state index contributed by atoms with van der Waals surface area (Å²) >= 11 is 5.84. The van der Waals surface area contributed by atoms with E-state index in [0.29, 0.717) is 11.4 Å². The fourth-order valence-electron chi connectivity index (χ4n) is 3.84. The molecule has 8 heteroatoms. The molecule has 1 saturated heterocycles. The van der Waals surface area contributed by atoms with Crippen molar-refractivity contribution in [2.75, 3.05) is 17.2 Å². The summed E-state index contributed by atoms with van der Waals surface area (Å²) in [6.07, 6.45) is 0.752. The van der Waals surface area contributed by atoms with Gasteiger partial charge in [-0.3, -0.25) is 9.69 Å². The van der Waals surface area contributed by atoms with Gasteiger partial charge in [0.1, 0.15) is 5.82 Å². The first-order chi connectivity index (χ1) is 14.2. The number of benzene rings is 2. The molecule has 1 heterocycles. The number of carbonyl (C=O) groups excluding carboxylic acids is 2. The minimum Gasteiger partial charge on any atom is -0.333 e. The normalized spacial score (nSPS) is 19.0. The van der Waals surface area contributed by atoms with Crippen LogP contribution in [0.15, 0.2) is 42.5 Å². The summed E-state index contributed by atoms with van der Waals surface area (Å²) in [5.74, 6) is -0.624. The van der Waals surface area contributed by atoms with Crippen molar-refractivity contribution < 1.29 is 14.0 Å². The van der Waals surface area contributed by atoms with Crippen molar-refractivity contribution in [2.45, 2.75) is 45.3 Å². The van der Waals surface area contributed by atoms with Crippen LogP contribution < -0.4 is 16.0 Å². The number of hydrogen-bond acceptors (Lipinski definition) is 3. The van der Waals surface area contributed by atoms with Gasteiger partial charge in [0.2, 0.25) is 5.91 Å². The zero-order valence-corrected chi connectivity index (χ0v) is 18.0. The van der Waals surface area contributed by atoms with Gasteiger partial charge in [-0.05, 0) is 62.2 Å². The molecule has 0 aliphatic carbocycles. The molecule has 1 aliphatic heterocycles. The minimum atomic E-state index is -0.466. The van der Waals surface area contributed by atoms with Gasteiger partial charge in [0, 0.05) is 30.9 Å². The van der Waals surface area contributed by atoms with Crippen molar-refractivity contribution in [3.63, 3.8) is 0 Å². The van der Waals surface area contributed by atoms with Crippen LogP contribution in [-0.4, -0.2) is 35.5 Å². The molecule has 160 valence electrons. The SMILES string of the molecule is CC(=O)Nc1ccc(NC(=O)N[C@@H]2CCN(C(C)C)[C@@H]2c2ccc(Cl)c(F)c2)cc1. The molecular weight excluding hydrogens is 407 g/mol. The first-order valence-corrected chi connectivity index (χ1v) is 10.3. The number of amides is 3. The maximum absolute atomic E-state index is 14.1. The molecule has 6 nitrogen and oxygen atoms in total. The maximum Gasteiger partial charge on any atom is 0.319 e. The number of rotatable bonds is 5. The third-order valence-corrected chi connectivity index (χ3v) is 5.47. The molecule has 1 aliphatic rings. The number of nitrogens with zero attached hydrogens (tertiary/aromatic N) is 1. The van der Waals surface area contributed by atoms with E-state index in [1.165, 1.54) is 13.0 Å². The maximum atomic E-state index is 14.1. The molecule has 1 fully saturated rings. The highest BCUT2D eigenvalue weighted by Crippen LogP contribution is 2.35. The van der Waals surface area contributed by atoms with Gasteiger partial charge >= 0.3 is 6.03 Å². The van der Waals surface area contributed by atoms with Crippen molar-refractivity contribution in [3.05, 3.63) is 58.9 Å². The molecule has 0 radical (unpaired) electrons. The number of likely N-dealkylation sites (tertiary alicyclic amines) is 1. The third kappa shape index (κ3) is 5.29. The zero-order valence-electron chi connectivity index (χ0n) is 17.2. The van der Waals surface area contributed by atoms with Gasteiger partial charge in [-0.25, -0.2) is 9.18 Å². The smallest absolute Gasteiger partial charge is 0.319 e. The van der Waals surface area contributed by atoms with Gasteiger partial charge in [0.15, 0.2) is 0 Å². The Morgan fingerprint density at radius 2 is 1.73 bits per heavy atom. The van der Waals surface area contributed by atoms with Gasteiger partial charge in [0.25, 0.3) is 0 Å². The Hall–Kier alpha value is -2.64. The predicted molar refractivity (Wildman–Crippen MR) is 117 cm³/mol. The first kappa shape index (κ1) is 22.1. The molecule has 0 spiro atoms. The Morgan fingerprint density at radius 3 is 2.30 bits per heavy atom. The van der Waals surface area contributed by atoms with E-state index in [4.69, 9.17) is 11.6 Å². The molecule has 2 aromatic rings. The van der Waals surface area contributed by atoms with Gasteiger partial charge in [-0.1, -0.05) is 17.7 Å². The monoisotopic (exact) mass is 432 g/mol. The zero-order chi connectivity index (χ0) is 21.8. The van der Waals surface area contributed by atoms with Crippen LogP contribution in [0.2, 0.25) is 5.02 Å². The summed E-state index contributed by atoms with van der Waals surface area (Å²) in [5, 5.41) is 8.59. The van der Waals surface area contributed by atoms with Gasteiger partial charge in [0.05, 0.1) is 17.1 Å². The summed E-state index contributed by atoms with van der Waals surface area (Å²) in [5.41, 5.74) is 2.05. The molecule has 3 amide bonds. The second-order valence-corrected chi connectivity index (χ2v) is 8.11. The molecular formula is C22H26ClFN4O2. The molecule has 0 aromatic heterocycles. The van der Waals surface area contributed by atoms with E-state index >= 15 is 0 Å². The highest BCUT2D eigenvalue weighted by atomic mass is 35.5. The highest BCUT2D eigenvalue weighted by Gasteiger charge is 2.37. The lowest BCUT2D eigenvalue weighted by molar-refractivity contribution is -0.114. The fraction of sp³-hybridized carbons (Fsp3) is 0.364. The van der Waals surface area contributed by atoms with Crippen LogP contribution in [0.5, 0.6) is 0 Å². The van der Waals surface area contributed by atoms with E-state index in [-0.39, 0.29) is 35.1 Å². The van der Waals surface area contributed by atoms with Crippen LogP contribution in [0.25, 0.3) is 0 Å². The van der Waals surface area contributed by atoms with E-state index in [1.807, 2.05) is 6.07 Å². The molecule has 0 unspecified atom stereocenters. The molecule has 3 N–H and O–H groups in total. The lowest BCUT2D eigenvalue weighted by Crippen LogP contribution is -2.43. The average Bonchev–Trinajstić information content (AvgIpc) is 3.09. The summed E-state index contributed by atoms with van der Waals surface area (Å²) in [6, 6.07) is 11.2. The van der Waals surface area contributed by atoms with Crippen molar-refractivity contribution in [1.82, 2.24) is 10.2 Å². The molecule has 0 saturated carbocycles. The van der Waals surface area contributed by atoms with Crippen LogP contribution in [0.3, 0.4) is 0 Å². The standard InChI is InChI=1S/C22H26ClFN4O2/c1-13(2)28-11-10-20(21(28)15-4-9-18(23)19(24)12-15)27-22(30)26-17-7-5-16(6-8-17)25-14(3)29/h4-9,12-13,20-21H,10-11H2,1-3H3,(H,25,29)(H2,26,27,30)/t20-,21-/m1/s1. The van der Waals surface area contributed by atoms with Crippen LogP contribution in [0, 0.1) is 5.82 Å². The quantitative estimate of drug-likeness (QED) is 0.636. The van der Waals surface area contributed by atoms with E-state index in [1.54, 1.807) is 30.3 Å². The Morgan fingerprint density at radius 1 is 1.10 bits per heavy atom. The molecule has 0 bridgehead atoms. The van der Waals surface area contributed by atoms with Crippen molar-refractivity contribution >= 4 is 34.9 Å². The second kappa shape index (κ2) is 9.45. The van der Waals surface area contributed by atoms with Crippen LogP contribution in [0.1, 0.15) is 38.8 Å². The Labute approximate surface area is 180 Å². The summed E-state index contributed by atoms with van der Waals surface area (Å²) in [7, 11) is 0. The van der Waals surface area contributed by atoms with Gasteiger partial charge in [-0.2, -0.15) is 0 Å². The van der Waals surface area contributed by atoms with E-state index in [2.05, 4.69) is 34.7 Å². The van der Waals surface area contributed by atoms with Crippen LogP contribution >= 0.6 is 11.6 Å². The Balaban J connectivity index is 1.71. The van der Waals surface area contributed by atoms with E-state index < -0.39 is 5.82 Å². The number of anilines is 2. The van der Waals surface area contributed by atoms with Crippen molar-refractivity contribution in [2.24, 2.45) is 0 Å². The lowest BCUT2D eigenvalue weighted by atomic mass is 9.99. The lowest BCUT2D eigenvalue weighted by Gasteiger charge is -2.32. The minimum absolute atomic E-state index is 0.0813. The molecule has 2 atom stereocenters. The topological polar surface area (TPSA) is 73.5 Å². The number of carbonyl (C=O) groups is 2. The Bertz CT molecular complexity index is 920. The van der Waals surface area contributed by atoms with E-state index in [0.717, 1.165) is 18.5 Å². The van der Waals surface area contributed by atoms with Gasteiger partial charge in [-0.15, -0.1) is 0 Å². The number of hydrogen-bond donors (Lipinski definition) is 3. The second-order valence-electron chi connectivity index (χ2n) is 7.70. The summed E-state index contributed by atoms with van der Waals surface area (Å²) < 4.78 is 14.1. The van der Waals surface area contributed by atoms with Crippen LogP contribution in [-0.2, 0) is 4.79 Å². The number of nitrogens with one attached hydrogen (secondary N) is 3. The fourth-order valence-corrected chi connectivity index (χ4v) is 3.96. The largest absolute Gasteiger partial charge is 0.333 e. The Kier molecular flexibility index (Phi) is 6.95. The molecule has 3 rings (SSSR count). The summed E-state index contributed by atoms with van der Waals surface area (Å²) in [4.78, 5) is 26.0. The summed E-state index contributed by atoms with van der Waals surface area (Å²) in [6.45, 7) is 6.39. The van der Waals surface area contributed by atoms with Crippen LogP contribution in [0.4, 0.5) is 20.6 Å². The highest BCUT2D eigenvalue weighted by molar-refractivity contribution is 6.30. The molecule has 30 heavy (non-hydrogen) atoms. The van der Waals surface area contributed by atoms with E-state index in [9.17, 15) is 14.0 Å². The van der Waals surface area contributed by atoms with Crippen molar-refractivity contribution in [3.8, 4) is 0 Å². The number of urea groups is 1.